The molecule has 0 saturated carbocycles. The molecule has 0 spiro atoms. The third-order valence-electron chi connectivity index (χ3n) is 3.78. The van der Waals surface area contributed by atoms with Crippen molar-refractivity contribution in [3.8, 4) is 17.2 Å². The minimum absolute atomic E-state index is 0.0612. The van der Waals surface area contributed by atoms with Gasteiger partial charge in [0.2, 0.25) is 0 Å². The summed E-state index contributed by atoms with van der Waals surface area (Å²) in [6.07, 6.45) is 0. The number of amides is 1. The number of hydrogen-bond acceptors (Lipinski definition) is 7. The van der Waals surface area contributed by atoms with E-state index in [0.717, 1.165) is 4.68 Å². The number of carboxylic acids is 1. The highest BCUT2D eigenvalue weighted by Crippen LogP contribution is 2.25. The second kappa shape index (κ2) is 7.61. The molecule has 1 aromatic heterocycles. The molecule has 11 heteroatoms. The van der Waals surface area contributed by atoms with Crippen molar-refractivity contribution in [1.29, 1.82) is 0 Å². The Morgan fingerprint density at radius 3 is 2.43 bits per heavy atom. The number of aromatic nitrogens is 4. The van der Waals surface area contributed by atoms with Gasteiger partial charge in [-0.2, -0.15) is 4.68 Å². The van der Waals surface area contributed by atoms with Crippen molar-refractivity contribution in [2.45, 2.75) is 0 Å². The maximum Gasteiger partial charge on any atom is 0.377 e. The summed E-state index contributed by atoms with van der Waals surface area (Å²) in [6, 6.07) is 9.56. The monoisotopic (exact) mass is 385 g/mol. The smallest absolute Gasteiger partial charge is 0.377 e. The van der Waals surface area contributed by atoms with Crippen LogP contribution in [0.2, 0.25) is 0 Å². The fraction of sp³-hybridized carbons (Fsp3) is 0.118. The van der Waals surface area contributed by atoms with Gasteiger partial charge in [-0.05, 0) is 40.8 Å². The fourth-order valence-corrected chi connectivity index (χ4v) is 2.44. The standard InChI is InChI=1S/C17H15N5O6/c1-27-13-8-7-10(15(23)24)9-11(13)18-16(25)22-17(26)21(19-20-22)12-5-3-4-6-14(12)28-2/h3-9H,1-2H3,(H,18,25)(H,23,24). The van der Waals surface area contributed by atoms with Gasteiger partial charge in [0.05, 0.1) is 25.5 Å². The highest BCUT2D eigenvalue weighted by Gasteiger charge is 2.19. The zero-order valence-electron chi connectivity index (χ0n) is 14.8. The Hall–Kier alpha value is -4.15. The van der Waals surface area contributed by atoms with Crippen molar-refractivity contribution in [3.63, 3.8) is 0 Å². The van der Waals surface area contributed by atoms with Gasteiger partial charge in [0, 0.05) is 0 Å². The highest BCUT2D eigenvalue weighted by atomic mass is 16.5. The number of nitrogens with zero attached hydrogens (tertiary/aromatic N) is 4. The molecule has 0 aliphatic carbocycles. The maximum absolute atomic E-state index is 12.6. The van der Waals surface area contributed by atoms with Crippen LogP contribution < -0.4 is 20.5 Å². The molecular formula is C17H15N5O6. The fourth-order valence-electron chi connectivity index (χ4n) is 2.44. The number of hydrogen-bond donors (Lipinski definition) is 2. The molecule has 0 unspecified atom stereocenters. The van der Waals surface area contributed by atoms with E-state index in [-0.39, 0.29) is 17.0 Å². The van der Waals surface area contributed by atoms with Gasteiger partial charge in [-0.25, -0.2) is 14.4 Å². The Morgan fingerprint density at radius 2 is 1.75 bits per heavy atom. The lowest BCUT2D eigenvalue weighted by atomic mass is 10.2. The summed E-state index contributed by atoms with van der Waals surface area (Å²) in [5.41, 5.74) is -0.540. The molecule has 28 heavy (non-hydrogen) atoms. The number of para-hydroxylation sites is 2. The van der Waals surface area contributed by atoms with E-state index in [1.54, 1.807) is 24.3 Å². The molecule has 0 saturated heterocycles. The van der Waals surface area contributed by atoms with Crippen LogP contribution in [-0.4, -0.2) is 51.1 Å². The van der Waals surface area contributed by atoms with Crippen LogP contribution in [0.1, 0.15) is 10.4 Å². The minimum atomic E-state index is -1.18. The highest BCUT2D eigenvalue weighted by molar-refractivity contribution is 5.95. The van der Waals surface area contributed by atoms with Crippen LogP contribution in [0.4, 0.5) is 10.5 Å². The van der Waals surface area contributed by atoms with Crippen molar-refractivity contribution in [1.82, 2.24) is 19.8 Å². The van der Waals surface area contributed by atoms with Crippen molar-refractivity contribution < 1.29 is 24.2 Å². The van der Waals surface area contributed by atoms with E-state index in [4.69, 9.17) is 14.6 Å². The quantitative estimate of drug-likeness (QED) is 0.626. The van der Waals surface area contributed by atoms with Gasteiger partial charge in [0.15, 0.2) is 0 Å². The summed E-state index contributed by atoms with van der Waals surface area (Å²) < 4.78 is 11.7. The summed E-state index contributed by atoms with van der Waals surface area (Å²) in [7, 11) is 2.79. The third kappa shape index (κ3) is 3.40. The lowest BCUT2D eigenvalue weighted by molar-refractivity contribution is 0.0697. The van der Waals surface area contributed by atoms with Gasteiger partial charge in [-0.15, -0.1) is 4.68 Å². The maximum atomic E-state index is 12.6. The van der Waals surface area contributed by atoms with Crippen molar-refractivity contribution in [2.75, 3.05) is 19.5 Å². The van der Waals surface area contributed by atoms with Crippen LogP contribution in [0.5, 0.6) is 11.5 Å². The molecule has 1 heterocycles. The first-order chi connectivity index (χ1) is 13.5. The molecular weight excluding hydrogens is 370 g/mol. The van der Waals surface area contributed by atoms with Crippen LogP contribution in [0.15, 0.2) is 47.3 Å². The summed E-state index contributed by atoms with van der Waals surface area (Å²) >= 11 is 0. The average molecular weight is 385 g/mol. The number of tetrazole rings is 1. The molecule has 0 aliphatic heterocycles. The largest absolute Gasteiger partial charge is 0.495 e. The van der Waals surface area contributed by atoms with Crippen LogP contribution >= 0.6 is 0 Å². The number of anilines is 1. The van der Waals surface area contributed by atoms with Gasteiger partial charge >= 0.3 is 17.7 Å². The summed E-state index contributed by atoms with van der Waals surface area (Å²) in [6.45, 7) is 0. The number of aromatic carboxylic acids is 1. The van der Waals surface area contributed by atoms with E-state index in [2.05, 4.69) is 15.7 Å². The van der Waals surface area contributed by atoms with Crippen LogP contribution in [0.3, 0.4) is 0 Å². The molecule has 2 aromatic carbocycles. The molecule has 144 valence electrons. The molecule has 11 nitrogen and oxygen atoms in total. The zero-order valence-corrected chi connectivity index (χ0v) is 14.8. The first kappa shape index (κ1) is 18.6. The van der Waals surface area contributed by atoms with Crippen molar-refractivity contribution >= 4 is 17.7 Å². The molecule has 0 aliphatic rings. The van der Waals surface area contributed by atoms with E-state index >= 15 is 0 Å². The van der Waals surface area contributed by atoms with E-state index in [1.807, 2.05) is 0 Å². The van der Waals surface area contributed by atoms with Crippen molar-refractivity contribution in [2.24, 2.45) is 0 Å². The van der Waals surface area contributed by atoms with Crippen LogP contribution in [0.25, 0.3) is 5.69 Å². The Bertz CT molecular complexity index is 1100. The first-order valence-electron chi connectivity index (χ1n) is 7.87. The lowest BCUT2D eigenvalue weighted by Gasteiger charge is -2.10. The first-order valence-corrected chi connectivity index (χ1v) is 7.87. The average Bonchev–Trinajstić information content (AvgIpc) is 3.09. The van der Waals surface area contributed by atoms with E-state index in [0.29, 0.717) is 16.1 Å². The summed E-state index contributed by atoms with van der Waals surface area (Å²) in [5.74, 6) is -0.603. The number of methoxy groups -OCH3 is 2. The number of carbonyl (C=O) groups excluding carboxylic acids is 1. The van der Waals surface area contributed by atoms with Gasteiger partial charge < -0.3 is 19.9 Å². The molecule has 0 atom stereocenters. The van der Waals surface area contributed by atoms with E-state index < -0.39 is 17.7 Å². The summed E-state index contributed by atoms with van der Waals surface area (Å²) in [4.78, 5) is 36.2. The number of ether oxygens (including phenoxy) is 2. The topological polar surface area (TPSA) is 138 Å². The molecule has 3 rings (SSSR count). The van der Waals surface area contributed by atoms with Crippen LogP contribution in [-0.2, 0) is 0 Å². The normalized spacial score (nSPS) is 10.4. The summed E-state index contributed by atoms with van der Waals surface area (Å²) in [5, 5.41) is 18.8. The second-order valence-corrected chi connectivity index (χ2v) is 5.41. The number of carbonyl (C=O) groups is 2. The van der Waals surface area contributed by atoms with Crippen molar-refractivity contribution in [3.05, 3.63) is 58.5 Å². The molecule has 2 N–H and O–H groups in total. The lowest BCUT2D eigenvalue weighted by Crippen LogP contribution is -2.33. The predicted molar refractivity (Wildman–Crippen MR) is 96.5 cm³/mol. The van der Waals surface area contributed by atoms with Gasteiger partial charge in [-0.3, -0.25) is 0 Å². The molecule has 3 aromatic rings. The third-order valence-corrected chi connectivity index (χ3v) is 3.78. The Morgan fingerprint density at radius 1 is 1.04 bits per heavy atom. The van der Waals surface area contributed by atoms with Gasteiger partial charge in [0.1, 0.15) is 17.2 Å². The Labute approximate surface area is 157 Å². The Balaban J connectivity index is 1.95. The predicted octanol–water partition coefficient (Wildman–Crippen LogP) is 1.22. The van der Waals surface area contributed by atoms with Crippen LogP contribution in [0, 0.1) is 0 Å². The SMILES string of the molecule is COc1ccc(C(=O)O)cc1NC(=O)n1nnn(-c2ccccc2OC)c1=O. The number of nitrogens with one attached hydrogen (secondary N) is 1. The Kier molecular flexibility index (Phi) is 5.07. The number of rotatable bonds is 5. The molecule has 0 fully saturated rings. The van der Waals surface area contributed by atoms with Gasteiger partial charge in [-0.1, -0.05) is 12.1 Å². The van der Waals surface area contributed by atoms with E-state index in [9.17, 15) is 14.4 Å². The van der Waals surface area contributed by atoms with E-state index in [1.165, 1.54) is 32.4 Å². The number of carboxylic acid groups (broad SMARTS) is 1. The van der Waals surface area contributed by atoms with Gasteiger partial charge in [0.25, 0.3) is 0 Å². The minimum Gasteiger partial charge on any atom is -0.495 e. The molecule has 0 radical (unpaired) electrons. The second-order valence-electron chi connectivity index (χ2n) is 5.41. The number of benzene rings is 2. The zero-order chi connectivity index (χ0) is 20.3. The molecule has 0 bridgehead atoms. The molecule has 1 amide bonds.